The minimum atomic E-state index is -4.43. The van der Waals surface area contributed by atoms with Gasteiger partial charge in [-0.2, -0.15) is 8.42 Å². The van der Waals surface area contributed by atoms with Gasteiger partial charge in [-0.15, -0.1) is 0 Å². The molecule has 1 aromatic rings. The predicted molar refractivity (Wildman–Crippen MR) is 52.0 cm³/mol. The van der Waals surface area contributed by atoms with E-state index in [0.717, 1.165) is 19.1 Å². The van der Waals surface area contributed by atoms with Crippen LogP contribution in [0.1, 0.15) is 6.92 Å². The first kappa shape index (κ1) is 12.1. The van der Waals surface area contributed by atoms with E-state index in [9.17, 15) is 23.3 Å². The van der Waals surface area contributed by atoms with Crippen LogP contribution < -0.4 is 0 Å². The second-order valence-electron chi connectivity index (χ2n) is 2.75. The molecule has 0 unspecified atom stereocenters. The molecule has 0 atom stereocenters. The lowest BCUT2D eigenvalue weighted by atomic mass is 10.3. The van der Waals surface area contributed by atoms with Crippen LogP contribution in [0.4, 0.5) is 5.69 Å². The van der Waals surface area contributed by atoms with Gasteiger partial charge in [-0.05, 0) is 6.07 Å². The Kier molecular flexibility index (Phi) is 3.23. The standard InChI is InChI=1S/C8H7NO6S/c1-6(10)15-16(13,14)8-5-3-2-4-7(8)9(11)12/h2-5H,1H3. The van der Waals surface area contributed by atoms with E-state index in [4.69, 9.17) is 0 Å². The molecule has 1 aromatic carbocycles. The summed E-state index contributed by atoms with van der Waals surface area (Å²) in [4.78, 5) is 19.6. The van der Waals surface area contributed by atoms with E-state index < -0.39 is 31.6 Å². The highest BCUT2D eigenvalue weighted by Gasteiger charge is 2.27. The molecule has 0 bridgehead atoms. The van der Waals surface area contributed by atoms with Gasteiger partial charge in [-0.25, -0.2) is 0 Å². The molecular weight excluding hydrogens is 238 g/mol. The van der Waals surface area contributed by atoms with Gasteiger partial charge in [0, 0.05) is 13.0 Å². The molecule has 0 saturated carbocycles. The molecule has 0 aliphatic heterocycles. The van der Waals surface area contributed by atoms with Gasteiger partial charge in [-0.3, -0.25) is 14.9 Å². The van der Waals surface area contributed by atoms with Crippen molar-refractivity contribution in [2.45, 2.75) is 11.8 Å². The lowest BCUT2D eigenvalue weighted by Gasteiger charge is -2.03. The summed E-state index contributed by atoms with van der Waals surface area (Å²) < 4.78 is 26.9. The fourth-order valence-corrected chi connectivity index (χ4v) is 2.06. The summed E-state index contributed by atoms with van der Waals surface area (Å²) in [5.74, 6) is -1.06. The summed E-state index contributed by atoms with van der Waals surface area (Å²) in [5, 5.41) is 10.6. The predicted octanol–water partition coefficient (Wildman–Crippen LogP) is 0.847. The molecule has 0 heterocycles. The van der Waals surface area contributed by atoms with Crippen molar-refractivity contribution in [3.8, 4) is 0 Å². The van der Waals surface area contributed by atoms with E-state index in [1.54, 1.807) is 0 Å². The minimum absolute atomic E-state index is 0.635. The lowest BCUT2D eigenvalue weighted by molar-refractivity contribution is -0.387. The maximum Gasteiger partial charge on any atom is 0.348 e. The van der Waals surface area contributed by atoms with Crippen molar-refractivity contribution in [2.75, 3.05) is 0 Å². The lowest BCUT2D eigenvalue weighted by Crippen LogP contribution is -2.12. The molecule has 0 spiro atoms. The molecule has 0 amide bonds. The number of hydrogen-bond donors (Lipinski definition) is 0. The number of hydrogen-bond acceptors (Lipinski definition) is 6. The minimum Gasteiger partial charge on any atom is -0.342 e. The number of para-hydroxylation sites is 1. The number of rotatable bonds is 3. The van der Waals surface area contributed by atoms with Crippen molar-refractivity contribution >= 4 is 21.8 Å². The van der Waals surface area contributed by atoms with Crippen molar-refractivity contribution in [1.29, 1.82) is 0 Å². The Morgan fingerprint density at radius 3 is 2.44 bits per heavy atom. The summed E-state index contributed by atoms with van der Waals surface area (Å²) in [7, 11) is -4.43. The van der Waals surface area contributed by atoms with Crippen LogP contribution in [0, 0.1) is 10.1 Å². The highest BCUT2D eigenvalue weighted by Crippen LogP contribution is 2.24. The second kappa shape index (κ2) is 4.27. The zero-order valence-corrected chi connectivity index (χ0v) is 8.93. The van der Waals surface area contributed by atoms with Crippen molar-refractivity contribution in [3.05, 3.63) is 34.4 Å². The van der Waals surface area contributed by atoms with E-state index in [1.807, 2.05) is 0 Å². The first-order valence-electron chi connectivity index (χ1n) is 4.03. The third kappa shape index (κ3) is 2.54. The van der Waals surface area contributed by atoms with E-state index >= 15 is 0 Å². The molecular formula is C8H7NO6S. The maximum atomic E-state index is 11.4. The number of benzene rings is 1. The van der Waals surface area contributed by atoms with Crippen molar-refractivity contribution in [1.82, 2.24) is 0 Å². The Balaban J connectivity index is 3.33. The van der Waals surface area contributed by atoms with Crippen LogP contribution in [-0.4, -0.2) is 19.3 Å². The molecule has 0 N–H and O–H groups in total. The van der Waals surface area contributed by atoms with E-state index in [1.165, 1.54) is 12.1 Å². The number of nitro benzene ring substituents is 1. The molecule has 0 radical (unpaired) electrons. The first-order valence-corrected chi connectivity index (χ1v) is 5.44. The molecule has 0 saturated heterocycles. The summed E-state index contributed by atoms with van der Waals surface area (Å²) >= 11 is 0. The molecule has 0 fully saturated rings. The quantitative estimate of drug-likeness (QED) is 0.444. The fraction of sp³-hybridized carbons (Fsp3) is 0.125. The van der Waals surface area contributed by atoms with Gasteiger partial charge in [-0.1, -0.05) is 12.1 Å². The molecule has 0 aliphatic carbocycles. The topological polar surface area (TPSA) is 104 Å². The van der Waals surface area contributed by atoms with Gasteiger partial charge >= 0.3 is 16.1 Å². The van der Waals surface area contributed by atoms with Crippen LogP contribution in [0.5, 0.6) is 0 Å². The molecule has 16 heavy (non-hydrogen) atoms. The number of carbonyl (C=O) groups is 1. The van der Waals surface area contributed by atoms with E-state index in [2.05, 4.69) is 4.18 Å². The van der Waals surface area contributed by atoms with Crippen molar-refractivity contribution in [2.24, 2.45) is 0 Å². The normalized spacial score (nSPS) is 10.8. The molecule has 0 aromatic heterocycles. The van der Waals surface area contributed by atoms with Crippen molar-refractivity contribution < 1.29 is 22.3 Å². The SMILES string of the molecule is CC(=O)OS(=O)(=O)c1ccccc1[N+](=O)[O-]. The monoisotopic (exact) mass is 245 g/mol. The molecule has 86 valence electrons. The number of nitrogens with zero attached hydrogens (tertiary/aromatic N) is 1. The van der Waals surface area contributed by atoms with E-state index in [0.29, 0.717) is 0 Å². The van der Waals surface area contributed by atoms with Crippen LogP contribution in [0.25, 0.3) is 0 Å². The largest absolute Gasteiger partial charge is 0.348 e. The smallest absolute Gasteiger partial charge is 0.342 e. The molecule has 8 heteroatoms. The van der Waals surface area contributed by atoms with Crippen LogP contribution >= 0.6 is 0 Å². The average molecular weight is 245 g/mol. The average Bonchev–Trinajstić information content (AvgIpc) is 2.15. The Morgan fingerprint density at radius 2 is 1.94 bits per heavy atom. The van der Waals surface area contributed by atoms with Crippen LogP contribution in [0.3, 0.4) is 0 Å². The van der Waals surface area contributed by atoms with E-state index in [-0.39, 0.29) is 0 Å². The van der Waals surface area contributed by atoms with Gasteiger partial charge in [0.05, 0.1) is 4.92 Å². The summed E-state index contributed by atoms with van der Waals surface area (Å²) in [6.07, 6.45) is 0. The Bertz CT molecular complexity index is 535. The highest BCUT2D eigenvalue weighted by molar-refractivity contribution is 7.87. The van der Waals surface area contributed by atoms with Gasteiger partial charge in [0.2, 0.25) is 0 Å². The summed E-state index contributed by atoms with van der Waals surface area (Å²) in [5.41, 5.74) is -0.635. The van der Waals surface area contributed by atoms with Gasteiger partial charge in [0.1, 0.15) is 0 Å². The van der Waals surface area contributed by atoms with Gasteiger partial charge < -0.3 is 4.18 Å². The molecule has 7 nitrogen and oxygen atoms in total. The Hall–Kier alpha value is -1.96. The number of nitro groups is 1. The van der Waals surface area contributed by atoms with Gasteiger partial charge in [0.15, 0.2) is 4.90 Å². The molecule has 1 rings (SSSR count). The molecule has 0 aliphatic rings. The Morgan fingerprint density at radius 1 is 1.38 bits per heavy atom. The maximum absolute atomic E-state index is 11.4. The number of carbonyl (C=O) groups excluding carboxylic acids is 1. The fourth-order valence-electron chi connectivity index (χ4n) is 1.02. The summed E-state index contributed by atoms with van der Waals surface area (Å²) in [6.45, 7) is 0.895. The Labute approximate surface area is 90.9 Å². The van der Waals surface area contributed by atoms with Crippen molar-refractivity contribution in [3.63, 3.8) is 0 Å². The third-order valence-corrected chi connectivity index (χ3v) is 2.90. The van der Waals surface area contributed by atoms with Gasteiger partial charge in [0.25, 0.3) is 5.69 Å². The highest BCUT2D eigenvalue weighted by atomic mass is 32.2. The van der Waals surface area contributed by atoms with Crippen LogP contribution in [-0.2, 0) is 19.1 Å². The third-order valence-electron chi connectivity index (χ3n) is 1.56. The second-order valence-corrected chi connectivity index (χ2v) is 4.27. The summed E-state index contributed by atoms with van der Waals surface area (Å²) in [6, 6.07) is 4.61. The first-order chi connectivity index (χ1) is 7.34. The van der Waals surface area contributed by atoms with Crippen LogP contribution in [0.2, 0.25) is 0 Å². The zero-order chi connectivity index (χ0) is 12.3. The zero-order valence-electron chi connectivity index (χ0n) is 8.11. The van der Waals surface area contributed by atoms with Crippen LogP contribution in [0.15, 0.2) is 29.2 Å².